The van der Waals surface area contributed by atoms with Gasteiger partial charge in [-0.05, 0) is 30.8 Å². The second-order valence-electron chi connectivity index (χ2n) is 4.90. The lowest BCUT2D eigenvalue weighted by Gasteiger charge is -2.03. The Morgan fingerprint density at radius 2 is 1.86 bits per heavy atom. The molecule has 0 atom stereocenters. The first-order valence-electron chi connectivity index (χ1n) is 6.94. The fourth-order valence-electron chi connectivity index (χ4n) is 2.32. The summed E-state index contributed by atoms with van der Waals surface area (Å²) >= 11 is 3.37. The van der Waals surface area contributed by atoms with Crippen LogP contribution in [0.3, 0.4) is 0 Å². The molecule has 1 aromatic carbocycles. The van der Waals surface area contributed by atoms with E-state index in [1.807, 2.05) is 42.6 Å². The molecule has 0 bridgehead atoms. The highest BCUT2D eigenvalue weighted by Crippen LogP contribution is 2.37. The van der Waals surface area contributed by atoms with E-state index in [0.717, 1.165) is 26.3 Å². The Hall–Kier alpha value is -2.11. The number of aryl methyl sites for hydroxylation is 1. The van der Waals surface area contributed by atoms with Crippen molar-refractivity contribution in [2.75, 3.05) is 0 Å². The molecular formula is C17H13N3S2. The number of thiazole rings is 1. The van der Waals surface area contributed by atoms with Gasteiger partial charge in [-0.15, -0.1) is 11.3 Å². The maximum absolute atomic E-state index is 4.83. The molecule has 0 saturated heterocycles. The average molecular weight is 323 g/mol. The first-order valence-corrected chi connectivity index (χ1v) is 8.57. The highest BCUT2D eigenvalue weighted by Gasteiger charge is 2.17. The third kappa shape index (κ3) is 2.42. The van der Waals surface area contributed by atoms with Gasteiger partial charge in [-0.1, -0.05) is 36.4 Å². The lowest BCUT2D eigenvalue weighted by atomic mass is 10.2. The molecular weight excluding hydrogens is 310 g/mol. The molecule has 108 valence electrons. The summed E-state index contributed by atoms with van der Waals surface area (Å²) in [5.41, 5.74) is 2.15. The summed E-state index contributed by atoms with van der Waals surface area (Å²) in [6.45, 7) is 2.11. The Kier molecular flexibility index (Phi) is 3.44. The van der Waals surface area contributed by atoms with Gasteiger partial charge in [-0.25, -0.2) is 9.97 Å². The number of pyridine rings is 1. The first-order chi connectivity index (χ1) is 10.8. The minimum atomic E-state index is 0.977. The highest BCUT2D eigenvalue weighted by molar-refractivity contribution is 7.99. The van der Waals surface area contributed by atoms with Gasteiger partial charge in [0.25, 0.3) is 0 Å². The normalized spacial score (nSPS) is 11.1. The van der Waals surface area contributed by atoms with E-state index < -0.39 is 0 Å². The van der Waals surface area contributed by atoms with Crippen LogP contribution in [-0.4, -0.2) is 14.4 Å². The molecule has 0 unspecified atom stereocenters. The standard InChI is InChI=1S/C17H13N3S2/c1-12-11-20-16(22-14-9-5-6-10-18-14)15(19-17(20)21-12)13-7-3-2-4-8-13/h2-11H,1H3. The minimum Gasteiger partial charge on any atom is -0.284 e. The van der Waals surface area contributed by atoms with Gasteiger partial charge in [-0.3, -0.25) is 4.40 Å². The Bertz CT molecular complexity index is 911. The number of aromatic nitrogens is 3. The molecule has 5 heteroatoms. The zero-order valence-electron chi connectivity index (χ0n) is 11.9. The van der Waals surface area contributed by atoms with E-state index in [1.54, 1.807) is 23.1 Å². The fourth-order valence-corrected chi connectivity index (χ4v) is 4.16. The van der Waals surface area contributed by atoms with Crippen LogP contribution in [0.15, 0.2) is 71.0 Å². The van der Waals surface area contributed by atoms with Gasteiger partial charge in [0.15, 0.2) is 4.96 Å². The Labute approximate surface area is 136 Å². The second-order valence-corrected chi connectivity index (χ2v) is 7.12. The third-order valence-corrected chi connectivity index (χ3v) is 5.22. The number of imidazole rings is 1. The summed E-state index contributed by atoms with van der Waals surface area (Å²) in [7, 11) is 0. The largest absolute Gasteiger partial charge is 0.284 e. The summed E-state index contributed by atoms with van der Waals surface area (Å²) < 4.78 is 2.17. The van der Waals surface area contributed by atoms with E-state index >= 15 is 0 Å². The molecule has 0 radical (unpaired) electrons. The van der Waals surface area contributed by atoms with Crippen molar-refractivity contribution in [1.82, 2.24) is 14.4 Å². The third-order valence-electron chi connectivity index (χ3n) is 3.28. The van der Waals surface area contributed by atoms with E-state index in [4.69, 9.17) is 4.98 Å². The molecule has 0 fully saturated rings. The molecule has 3 heterocycles. The summed E-state index contributed by atoms with van der Waals surface area (Å²) in [6, 6.07) is 16.3. The van der Waals surface area contributed by atoms with Crippen LogP contribution in [0.25, 0.3) is 16.2 Å². The maximum atomic E-state index is 4.83. The van der Waals surface area contributed by atoms with Gasteiger partial charge < -0.3 is 0 Å². The van der Waals surface area contributed by atoms with Crippen molar-refractivity contribution in [3.05, 3.63) is 65.8 Å². The summed E-state index contributed by atoms with van der Waals surface area (Å²) in [5, 5.41) is 2.09. The Balaban J connectivity index is 1.89. The van der Waals surface area contributed by atoms with Crippen LogP contribution in [-0.2, 0) is 0 Å². The number of hydrogen-bond donors (Lipinski definition) is 0. The molecule has 0 saturated carbocycles. The van der Waals surface area contributed by atoms with Crippen LogP contribution in [0.4, 0.5) is 0 Å². The topological polar surface area (TPSA) is 30.2 Å². The van der Waals surface area contributed by atoms with Gasteiger partial charge in [0.1, 0.15) is 15.7 Å². The monoisotopic (exact) mass is 323 g/mol. The van der Waals surface area contributed by atoms with Gasteiger partial charge >= 0.3 is 0 Å². The molecule has 0 aliphatic heterocycles. The maximum Gasteiger partial charge on any atom is 0.195 e. The number of fused-ring (bicyclic) bond motifs is 1. The van der Waals surface area contributed by atoms with Crippen LogP contribution >= 0.6 is 23.1 Å². The van der Waals surface area contributed by atoms with Crippen molar-refractivity contribution >= 4 is 28.1 Å². The molecule has 0 amide bonds. The Morgan fingerprint density at radius 3 is 2.64 bits per heavy atom. The molecule has 3 nitrogen and oxygen atoms in total. The van der Waals surface area contributed by atoms with Crippen LogP contribution in [0.2, 0.25) is 0 Å². The zero-order valence-corrected chi connectivity index (χ0v) is 13.6. The van der Waals surface area contributed by atoms with Crippen molar-refractivity contribution in [3.8, 4) is 11.3 Å². The van der Waals surface area contributed by atoms with E-state index in [2.05, 4.69) is 34.6 Å². The average Bonchev–Trinajstić information content (AvgIpc) is 3.07. The molecule has 0 aliphatic rings. The van der Waals surface area contributed by atoms with Crippen molar-refractivity contribution in [2.24, 2.45) is 0 Å². The Morgan fingerprint density at radius 1 is 1.05 bits per heavy atom. The first kappa shape index (κ1) is 13.5. The highest BCUT2D eigenvalue weighted by atomic mass is 32.2. The van der Waals surface area contributed by atoms with Crippen LogP contribution < -0.4 is 0 Å². The van der Waals surface area contributed by atoms with E-state index in [0.29, 0.717) is 0 Å². The quantitative estimate of drug-likeness (QED) is 0.536. The molecule has 22 heavy (non-hydrogen) atoms. The lowest BCUT2D eigenvalue weighted by molar-refractivity contribution is 1.05. The van der Waals surface area contributed by atoms with Gasteiger partial charge in [0.2, 0.25) is 0 Å². The predicted octanol–water partition coefficient (Wildman–Crippen LogP) is 4.92. The molecule has 3 aromatic heterocycles. The number of benzene rings is 1. The van der Waals surface area contributed by atoms with E-state index in [1.165, 1.54) is 4.88 Å². The number of nitrogens with zero attached hydrogens (tertiary/aromatic N) is 3. The molecule has 4 aromatic rings. The van der Waals surface area contributed by atoms with Gasteiger partial charge in [0.05, 0.1) is 0 Å². The smallest absolute Gasteiger partial charge is 0.195 e. The van der Waals surface area contributed by atoms with Crippen molar-refractivity contribution < 1.29 is 0 Å². The van der Waals surface area contributed by atoms with Crippen molar-refractivity contribution in [3.63, 3.8) is 0 Å². The van der Waals surface area contributed by atoms with Crippen LogP contribution in [0, 0.1) is 6.92 Å². The van der Waals surface area contributed by atoms with E-state index in [9.17, 15) is 0 Å². The predicted molar refractivity (Wildman–Crippen MR) is 91.6 cm³/mol. The second kappa shape index (κ2) is 5.59. The summed E-state index contributed by atoms with van der Waals surface area (Å²) in [4.78, 5) is 11.5. The molecule has 4 rings (SSSR count). The minimum absolute atomic E-state index is 0.977. The summed E-state index contributed by atoms with van der Waals surface area (Å²) in [6.07, 6.45) is 3.96. The number of rotatable bonds is 3. The van der Waals surface area contributed by atoms with Gasteiger partial charge in [-0.2, -0.15) is 0 Å². The summed E-state index contributed by atoms with van der Waals surface area (Å²) in [5.74, 6) is 0. The van der Waals surface area contributed by atoms with Crippen LogP contribution in [0.5, 0.6) is 0 Å². The number of hydrogen-bond acceptors (Lipinski definition) is 4. The van der Waals surface area contributed by atoms with Crippen LogP contribution in [0.1, 0.15) is 4.88 Å². The van der Waals surface area contributed by atoms with Crippen molar-refractivity contribution in [2.45, 2.75) is 17.0 Å². The SMILES string of the molecule is Cc1cn2c(Sc3ccccn3)c(-c3ccccc3)nc2s1. The fraction of sp³-hybridized carbons (Fsp3) is 0.0588. The molecule has 0 N–H and O–H groups in total. The molecule has 0 spiro atoms. The van der Waals surface area contributed by atoms with E-state index in [-0.39, 0.29) is 0 Å². The zero-order chi connectivity index (χ0) is 14.9. The molecule has 0 aliphatic carbocycles. The van der Waals surface area contributed by atoms with Gasteiger partial charge in [0, 0.05) is 22.8 Å². The lowest BCUT2D eigenvalue weighted by Crippen LogP contribution is -1.86. The van der Waals surface area contributed by atoms with Crippen molar-refractivity contribution in [1.29, 1.82) is 0 Å².